The predicted molar refractivity (Wildman–Crippen MR) is 73.3 cm³/mol. The summed E-state index contributed by atoms with van der Waals surface area (Å²) in [5.74, 6) is -0.0921. The lowest BCUT2D eigenvalue weighted by molar-refractivity contribution is -0.135. The van der Waals surface area contributed by atoms with E-state index in [0.29, 0.717) is 10.6 Å². The molecule has 0 aromatic heterocycles. The smallest absolute Gasteiger partial charge is 0.342 e. The van der Waals surface area contributed by atoms with E-state index < -0.39 is 6.04 Å². The Morgan fingerprint density at radius 3 is 2.42 bits per heavy atom. The Labute approximate surface area is 115 Å². The van der Waals surface area contributed by atoms with Gasteiger partial charge in [-0.25, -0.2) is 9.79 Å². The van der Waals surface area contributed by atoms with Gasteiger partial charge in [0.05, 0.1) is 10.6 Å². The molecule has 3 nitrogen and oxygen atoms in total. The first-order chi connectivity index (χ1) is 9.25. The molecule has 2 aromatic carbocycles. The molecule has 1 unspecified atom stereocenters. The molecule has 0 saturated carbocycles. The second kappa shape index (κ2) is 4.86. The van der Waals surface area contributed by atoms with Crippen molar-refractivity contribution in [1.29, 1.82) is 0 Å². The van der Waals surface area contributed by atoms with E-state index in [2.05, 4.69) is 4.99 Å². The lowest BCUT2D eigenvalue weighted by atomic mass is 10.1. The zero-order valence-corrected chi connectivity index (χ0v) is 10.7. The summed E-state index contributed by atoms with van der Waals surface area (Å²) in [6.07, 6.45) is 0. The Kier molecular flexibility index (Phi) is 3.05. The first-order valence-corrected chi connectivity index (χ1v) is 6.23. The summed E-state index contributed by atoms with van der Waals surface area (Å²) >= 11 is 6.07. The summed E-state index contributed by atoms with van der Waals surface area (Å²) in [7, 11) is 0. The second-order valence-corrected chi connectivity index (χ2v) is 4.56. The molecular weight excluding hydrogens is 262 g/mol. The summed E-state index contributed by atoms with van der Waals surface area (Å²) < 4.78 is 5.22. The van der Waals surface area contributed by atoms with E-state index in [0.717, 1.165) is 5.56 Å². The number of aliphatic imine (C=N–C) groups is 1. The average Bonchev–Trinajstić information content (AvgIpc) is 2.82. The minimum Gasteiger partial charge on any atom is -0.405 e. The molecule has 0 aliphatic carbocycles. The van der Waals surface area contributed by atoms with E-state index in [-0.39, 0.29) is 11.9 Å². The summed E-state index contributed by atoms with van der Waals surface area (Å²) in [6, 6.07) is 15.9. The number of nitrogens with zero attached hydrogens (tertiary/aromatic N) is 1. The SMILES string of the molecule is O=C1OC(c2ccccc2Cl)=NC1c1ccccc1. The molecule has 0 saturated heterocycles. The van der Waals surface area contributed by atoms with Crippen LogP contribution >= 0.6 is 11.6 Å². The van der Waals surface area contributed by atoms with Crippen LogP contribution in [0, 0.1) is 0 Å². The van der Waals surface area contributed by atoms with Crippen molar-refractivity contribution < 1.29 is 9.53 Å². The molecule has 94 valence electrons. The first kappa shape index (κ1) is 11.9. The van der Waals surface area contributed by atoms with Gasteiger partial charge in [-0.15, -0.1) is 0 Å². The normalized spacial score (nSPS) is 18.1. The molecule has 0 spiro atoms. The quantitative estimate of drug-likeness (QED) is 0.786. The highest BCUT2D eigenvalue weighted by atomic mass is 35.5. The van der Waals surface area contributed by atoms with Crippen molar-refractivity contribution in [1.82, 2.24) is 0 Å². The molecule has 1 aliphatic heterocycles. The standard InChI is InChI=1S/C15H10ClNO2/c16-12-9-5-4-8-11(12)14-17-13(15(18)19-14)10-6-2-1-3-7-10/h1-9,13H. The number of rotatable bonds is 2. The van der Waals surface area contributed by atoms with E-state index in [1.165, 1.54) is 0 Å². The third-order valence-electron chi connectivity index (χ3n) is 2.89. The maximum Gasteiger partial charge on any atom is 0.342 e. The lowest BCUT2D eigenvalue weighted by Crippen LogP contribution is -2.09. The van der Waals surface area contributed by atoms with Crippen molar-refractivity contribution in [3.63, 3.8) is 0 Å². The Balaban J connectivity index is 1.99. The van der Waals surface area contributed by atoms with Crippen LogP contribution in [0.2, 0.25) is 5.02 Å². The zero-order valence-electron chi connectivity index (χ0n) is 9.92. The van der Waals surface area contributed by atoms with E-state index >= 15 is 0 Å². The minimum atomic E-state index is -0.604. The number of cyclic esters (lactones) is 1. The fraction of sp³-hybridized carbons (Fsp3) is 0.0667. The van der Waals surface area contributed by atoms with Crippen LogP contribution in [0.3, 0.4) is 0 Å². The molecule has 0 N–H and O–H groups in total. The van der Waals surface area contributed by atoms with Gasteiger partial charge in [-0.05, 0) is 17.7 Å². The number of halogens is 1. The molecule has 1 aliphatic rings. The van der Waals surface area contributed by atoms with Gasteiger partial charge in [0.2, 0.25) is 5.90 Å². The van der Waals surface area contributed by atoms with Crippen LogP contribution in [0.5, 0.6) is 0 Å². The van der Waals surface area contributed by atoms with E-state index in [1.54, 1.807) is 12.1 Å². The Morgan fingerprint density at radius 2 is 1.68 bits per heavy atom. The van der Waals surface area contributed by atoms with E-state index in [9.17, 15) is 4.79 Å². The fourth-order valence-corrected chi connectivity index (χ4v) is 2.17. The van der Waals surface area contributed by atoms with Crippen LogP contribution in [0.15, 0.2) is 59.6 Å². The largest absolute Gasteiger partial charge is 0.405 e. The van der Waals surface area contributed by atoms with Gasteiger partial charge in [0.1, 0.15) is 0 Å². The van der Waals surface area contributed by atoms with Gasteiger partial charge < -0.3 is 4.74 Å². The van der Waals surface area contributed by atoms with Gasteiger partial charge in [0, 0.05) is 0 Å². The van der Waals surface area contributed by atoms with Gasteiger partial charge in [-0.3, -0.25) is 0 Å². The number of ether oxygens (including phenoxy) is 1. The molecular formula is C15H10ClNO2. The van der Waals surface area contributed by atoms with Crippen molar-refractivity contribution >= 4 is 23.5 Å². The Bertz CT molecular complexity index is 652. The highest BCUT2D eigenvalue weighted by Gasteiger charge is 2.31. The van der Waals surface area contributed by atoms with Crippen LogP contribution in [-0.4, -0.2) is 11.9 Å². The highest BCUT2D eigenvalue weighted by Crippen LogP contribution is 2.28. The average molecular weight is 272 g/mol. The molecule has 1 heterocycles. The van der Waals surface area contributed by atoms with Crippen molar-refractivity contribution in [2.24, 2.45) is 4.99 Å². The van der Waals surface area contributed by atoms with Crippen molar-refractivity contribution in [2.45, 2.75) is 6.04 Å². The van der Waals surface area contributed by atoms with Crippen LogP contribution in [0.1, 0.15) is 17.2 Å². The van der Waals surface area contributed by atoms with Crippen LogP contribution in [0.4, 0.5) is 0 Å². The lowest BCUT2D eigenvalue weighted by Gasteiger charge is -2.02. The molecule has 0 amide bonds. The van der Waals surface area contributed by atoms with Crippen LogP contribution in [0.25, 0.3) is 0 Å². The number of carbonyl (C=O) groups excluding carboxylic acids is 1. The molecule has 2 aromatic rings. The van der Waals surface area contributed by atoms with Gasteiger partial charge in [0.15, 0.2) is 6.04 Å². The summed E-state index contributed by atoms with van der Waals surface area (Å²) in [5, 5.41) is 0.516. The fourth-order valence-electron chi connectivity index (χ4n) is 1.95. The number of esters is 1. The van der Waals surface area contributed by atoms with E-state index in [4.69, 9.17) is 16.3 Å². The van der Waals surface area contributed by atoms with Gasteiger partial charge >= 0.3 is 5.97 Å². The molecule has 0 bridgehead atoms. The van der Waals surface area contributed by atoms with Gasteiger partial charge in [0.25, 0.3) is 0 Å². The van der Waals surface area contributed by atoms with Gasteiger partial charge in [-0.2, -0.15) is 0 Å². The molecule has 0 fully saturated rings. The monoisotopic (exact) mass is 271 g/mol. The second-order valence-electron chi connectivity index (χ2n) is 4.15. The van der Waals surface area contributed by atoms with Gasteiger partial charge in [-0.1, -0.05) is 54.1 Å². The molecule has 4 heteroatoms. The third-order valence-corrected chi connectivity index (χ3v) is 3.22. The molecule has 19 heavy (non-hydrogen) atoms. The Morgan fingerprint density at radius 1 is 1.00 bits per heavy atom. The highest BCUT2D eigenvalue weighted by molar-refractivity contribution is 6.34. The Hall–Kier alpha value is -2.13. The summed E-state index contributed by atoms with van der Waals surface area (Å²) in [5.41, 5.74) is 1.45. The van der Waals surface area contributed by atoms with Crippen molar-refractivity contribution in [3.05, 3.63) is 70.7 Å². The predicted octanol–water partition coefficient (Wildman–Crippen LogP) is 3.38. The van der Waals surface area contributed by atoms with E-state index in [1.807, 2.05) is 42.5 Å². The minimum absolute atomic E-state index is 0.282. The van der Waals surface area contributed by atoms with Crippen molar-refractivity contribution in [3.8, 4) is 0 Å². The number of hydrogen-bond acceptors (Lipinski definition) is 3. The van der Waals surface area contributed by atoms with Crippen molar-refractivity contribution in [2.75, 3.05) is 0 Å². The summed E-state index contributed by atoms with van der Waals surface area (Å²) in [4.78, 5) is 16.2. The number of benzene rings is 2. The van der Waals surface area contributed by atoms with Crippen LogP contribution < -0.4 is 0 Å². The third kappa shape index (κ3) is 2.25. The molecule has 3 rings (SSSR count). The maximum atomic E-state index is 11.9. The maximum absolute atomic E-state index is 11.9. The zero-order chi connectivity index (χ0) is 13.2. The number of hydrogen-bond donors (Lipinski definition) is 0. The number of carbonyl (C=O) groups is 1. The summed E-state index contributed by atoms with van der Waals surface area (Å²) in [6.45, 7) is 0. The topological polar surface area (TPSA) is 38.7 Å². The molecule has 1 atom stereocenters. The molecule has 0 radical (unpaired) electrons. The first-order valence-electron chi connectivity index (χ1n) is 5.85. The van der Waals surface area contributed by atoms with Crippen LogP contribution in [-0.2, 0) is 9.53 Å².